The minimum absolute atomic E-state index is 0.235. The van der Waals surface area contributed by atoms with Gasteiger partial charge >= 0.3 is 0 Å². The molecular weight excluding hydrogens is 252 g/mol. The van der Waals surface area contributed by atoms with Gasteiger partial charge in [-0.05, 0) is 18.6 Å². The molecule has 0 aliphatic heterocycles. The van der Waals surface area contributed by atoms with Gasteiger partial charge in [0.15, 0.2) is 0 Å². The lowest BCUT2D eigenvalue weighted by Crippen LogP contribution is -2.26. The average Bonchev–Trinajstić information content (AvgIpc) is 2.47. The number of nitriles is 1. The van der Waals surface area contributed by atoms with Crippen LogP contribution in [0.25, 0.3) is 0 Å². The molecule has 0 radical (unpaired) electrons. The summed E-state index contributed by atoms with van der Waals surface area (Å²) in [6, 6.07) is 6.04. The van der Waals surface area contributed by atoms with E-state index in [4.69, 9.17) is 11.0 Å². The Bertz CT molecular complexity index is 605. The molecule has 0 aliphatic carbocycles. The summed E-state index contributed by atoms with van der Waals surface area (Å²) in [5, 5.41) is 8.81. The van der Waals surface area contributed by atoms with Gasteiger partial charge in [-0.15, -0.1) is 0 Å². The summed E-state index contributed by atoms with van der Waals surface area (Å²) in [6.45, 7) is 3.15. The Kier molecular flexibility index (Phi) is 4.45. The van der Waals surface area contributed by atoms with E-state index in [1.54, 1.807) is 18.6 Å². The second-order valence-corrected chi connectivity index (χ2v) is 4.43. The van der Waals surface area contributed by atoms with Gasteiger partial charge in [0.2, 0.25) is 5.95 Å². The number of aryl methyl sites for hydroxylation is 1. The molecule has 102 valence electrons. The molecule has 2 rings (SSSR count). The molecule has 0 bridgehead atoms. The molecule has 2 aromatic rings. The molecule has 0 saturated heterocycles. The summed E-state index contributed by atoms with van der Waals surface area (Å²) < 4.78 is 0. The highest BCUT2D eigenvalue weighted by Gasteiger charge is 2.12. The minimum Gasteiger partial charge on any atom is -0.368 e. The van der Waals surface area contributed by atoms with Crippen LogP contribution in [0.5, 0.6) is 0 Å². The molecule has 0 amide bonds. The van der Waals surface area contributed by atoms with Crippen molar-refractivity contribution in [3.8, 4) is 6.07 Å². The molecule has 0 aromatic carbocycles. The fourth-order valence-corrected chi connectivity index (χ4v) is 1.92. The van der Waals surface area contributed by atoms with E-state index in [1.165, 1.54) is 0 Å². The van der Waals surface area contributed by atoms with Crippen molar-refractivity contribution in [2.24, 2.45) is 0 Å². The summed E-state index contributed by atoms with van der Waals surface area (Å²) in [4.78, 5) is 14.4. The van der Waals surface area contributed by atoms with Gasteiger partial charge in [0.1, 0.15) is 5.82 Å². The number of pyridine rings is 1. The number of nitrogens with two attached hydrogens (primary N) is 1. The molecule has 6 heteroatoms. The number of aromatic nitrogens is 3. The summed E-state index contributed by atoms with van der Waals surface area (Å²) >= 11 is 0. The van der Waals surface area contributed by atoms with E-state index in [2.05, 4.69) is 21.0 Å². The van der Waals surface area contributed by atoms with Crippen LogP contribution in [0.3, 0.4) is 0 Å². The molecule has 0 spiro atoms. The van der Waals surface area contributed by atoms with Crippen LogP contribution in [0.15, 0.2) is 30.7 Å². The third-order valence-electron chi connectivity index (χ3n) is 2.85. The van der Waals surface area contributed by atoms with Gasteiger partial charge in [0.05, 0.1) is 12.5 Å². The van der Waals surface area contributed by atoms with E-state index in [0.29, 0.717) is 19.5 Å². The third kappa shape index (κ3) is 3.42. The second-order valence-electron chi connectivity index (χ2n) is 4.43. The number of nitrogen functional groups attached to an aromatic ring is 1. The molecule has 0 unspecified atom stereocenters. The van der Waals surface area contributed by atoms with Gasteiger partial charge in [0.25, 0.3) is 0 Å². The molecule has 0 aliphatic rings. The van der Waals surface area contributed by atoms with Crippen molar-refractivity contribution in [3.05, 3.63) is 41.9 Å². The van der Waals surface area contributed by atoms with Crippen molar-refractivity contribution in [2.75, 3.05) is 17.2 Å². The molecule has 2 aromatic heterocycles. The highest BCUT2D eigenvalue weighted by Crippen LogP contribution is 2.19. The van der Waals surface area contributed by atoms with Crippen molar-refractivity contribution in [1.29, 1.82) is 5.26 Å². The van der Waals surface area contributed by atoms with Gasteiger partial charge in [-0.3, -0.25) is 4.98 Å². The quantitative estimate of drug-likeness (QED) is 0.887. The molecule has 2 N–H and O–H groups in total. The first-order valence-corrected chi connectivity index (χ1v) is 6.30. The Morgan fingerprint density at radius 1 is 1.40 bits per heavy atom. The number of hydrogen-bond donors (Lipinski definition) is 1. The van der Waals surface area contributed by atoms with Gasteiger partial charge in [-0.1, -0.05) is 6.07 Å². The summed E-state index contributed by atoms with van der Waals surface area (Å²) in [6.07, 6.45) is 5.65. The fraction of sp³-hybridized carbons (Fsp3) is 0.286. The third-order valence-corrected chi connectivity index (χ3v) is 2.85. The lowest BCUT2D eigenvalue weighted by molar-refractivity contribution is 0.774. The molecule has 6 nitrogen and oxygen atoms in total. The normalized spacial score (nSPS) is 10.0. The second kappa shape index (κ2) is 6.48. The maximum absolute atomic E-state index is 8.81. The number of anilines is 2. The number of nitrogens with zero attached hydrogens (tertiary/aromatic N) is 5. The predicted octanol–water partition coefficient (Wildman–Crippen LogP) is 1.68. The van der Waals surface area contributed by atoms with Crippen LogP contribution in [-0.4, -0.2) is 21.5 Å². The van der Waals surface area contributed by atoms with E-state index in [9.17, 15) is 0 Å². The molecule has 20 heavy (non-hydrogen) atoms. The zero-order chi connectivity index (χ0) is 14.4. The average molecular weight is 268 g/mol. The summed E-state index contributed by atoms with van der Waals surface area (Å²) in [5.74, 6) is 0.996. The minimum atomic E-state index is 0.235. The Morgan fingerprint density at radius 3 is 2.95 bits per heavy atom. The van der Waals surface area contributed by atoms with Gasteiger partial charge < -0.3 is 10.6 Å². The van der Waals surface area contributed by atoms with Crippen LogP contribution in [0, 0.1) is 18.3 Å². The monoisotopic (exact) mass is 268 g/mol. The fourth-order valence-electron chi connectivity index (χ4n) is 1.92. The van der Waals surface area contributed by atoms with Crippen LogP contribution in [0.4, 0.5) is 11.8 Å². The van der Waals surface area contributed by atoms with Gasteiger partial charge in [-0.25, -0.2) is 4.98 Å². The lowest BCUT2D eigenvalue weighted by Gasteiger charge is -2.24. The standard InChI is InChI=1S/C14H16N6/c1-11-8-18-14(16)19-13(11)20(7-3-5-15)10-12-4-2-6-17-9-12/h2,4,6,8-9H,3,7,10H2,1H3,(H2,16,18,19). The molecule has 0 fully saturated rings. The SMILES string of the molecule is Cc1cnc(N)nc1N(CCC#N)Cc1cccnc1. The first kappa shape index (κ1) is 13.7. The molecule has 0 atom stereocenters. The van der Waals surface area contributed by atoms with Crippen LogP contribution >= 0.6 is 0 Å². The number of hydrogen-bond acceptors (Lipinski definition) is 6. The van der Waals surface area contributed by atoms with Crippen molar-refractivity contribution < 1.29 is 0 Å². The molecule has 0 saturated carbocycles. The Hall–Kier alpha value is -2.68. The van der Waals surface area contributed by atoms with Crippen molar-refractivity contribution in [1.82, 2.24) is 15.0 Å². The van der Waals surface area contributed by atoms with E-state index >= 15 is 0 Å². The van der Waals surface area contributed by atoms with Crippen molar-refractivity contribution >= 4 is 11.8 Å². The smallest absolute Gasteiger partial charge is 0.221 e. The summed E-state index contributed by atoms with van der Waals surface area (Å²) in [5.41, 5.74) is 7.65. The highest BCUT2D eigenvalue weighted by molar-refractivity contribution is 5.48. The Balaban J connectivity index is 2.27. The van der Waals surface area contributed by atoms with Crippen molar-refractivity contribution in [2.45, 2.75) is 19.9 Å². The Morgan fingerprint density at radius 2 is 2.25 bits per heavy atom. The van der Waals surface area contributed by atoms with Crippen LogP contribution in [0.2, 0.25) is 0 Å². The van der Waals surface area contributed by atoms with Crippen LogP contribution in [0.1, 0.15) is 17.5 Å². The number of rotatable bonds is 5. The first-order valence-electron chi connectivity index (χ1n) is 6.30. The molecule has 2 heterocycles. The van der Waals surface area contributed by atoms with Crippen LogP contribution in [-0.2, 0) is 6.54 Å². The Labute approximate surface area is 117 Å². The predicted molar refractivity (Wildman–Crippen MR) is 76.7 cm³/mol. The van der Waals surface area contributed by atoms with Gasteiger partial charge in [-0.2, -0.15) is 10.2 Å². The summed E-state index contributed by atoms with van der Waals surface area (Å²) in [7, 11) is 0. The van der Waals surface area contributed by atoms with E-state index in [-0.39, 0.29) is 5.95 Å². The van der Waals surface area contributed by atoms with Crippen molar-refractivity contribution in [3.63, 3.8) is 0 Å². The zero-order valence-corrected chi connectivity index (χ0v) is 11.3. The maximum Gasteiger partial charge on any atom is 0.221 e. The lowest BCUT2D eigenvalue weighted by atomic mass is 10.2. The maximum atomic E-state index is 8.81. The topological polar surface area (TPSA) is 91.7 Å². The van der Waals surface area contributed by atoms with E-state index < -0.39 is 0 Å². The molecular formula is C14H16N6. The van der Waals surface area contributed by atoms with Crippen LogP contribution < -0.4 is 10.6 Å². The first-order chi connectivity index (χ1) is 9.70. The van der Waals surface area contributed by atoms with E-state index in [1.807, 2.05) is 24.0 Å². The largest absolute Gasteiger partial charge is 0.368 e. The van der Waals surface area contributed by atoms with E-state index in [0.717, 1.165) is 16.9 Å². The highest BCUT2D eigenvalue weighted by atomic mass is 15.2. The zero-order valence-electron chi connectivity index (χ0n) is 11.3. The van der Waals surface area contributed by atoms with Gasteiger partial charge in [0, 0.05) is 37.2 Å².